The number of imide groups is 2. The minimum absolute atomic E-state index is 0.256. The van der Waals surface area contributed by atoms with Crippen molar-refractivity contribution in [1.29, 1.82) is 0 Å². The summed E-state index contributed by atoms with van der Waals surface area (Å²) in [6.45, 7) is 0. The second-order valence-corrected chi connectivity index (χ2v) is 4.30. The number of amides is 4. The number of carbonyl (C=O) groups excluding carboxylic acids is 3. The largest absolute Gasteiger partial charge is 0.497 e. The van der Waals surface area contributed by atoms with Crippen molar-refractivity contribution in [2.24, 2.45) is 5.92 Å². The predicted molar refractivity (Wildman–Crippen MR) is 66.5 cm³/mol. The van der Waals surface area contributed by atoms with Gasteiger partial charge in [0.05, 0.1) is 7.11 Å². The van der Waals surface area contributed by atoms with Gasteiger partial charge in [-0.3, -0.25) is 19.8 Å². The van der Waals surface area contributed by atoms with Crippen molar-refractivity contribution in [1.82, 2.24) is 10.2 Å². The molecule has 1 unspecified atom stereocenters. The van der Waals surface area contributed by atoms with E-state index in [1.807, 2.05) is 0 Å². The van der Waals surface area contributed by atoms with Gasteiger partial charge in [-0.15, -0.1) is 0 Å². The second kappa shape index (κ2) is 5.09. The summed E-state index contributed by atoms with van der Waals surface area (Å²) in [6.07, 6.45) is 0.256. The van der Waals surface area contributed by atoms with Crippen LogP contribution >= 0.6 is 0 Å². The molecule has 0 aliphatic carbocycles. The van der Waals surface area contributed by atoms with E-state index in [0.29, 0.717) is 5.75 Å². The summed E-state index contributed by atoms with van der Waals surface area (Å²) in [6, 6.07) is 6.41. The Hall–Kier alpha value is -2.37. The van der Waals surface area contributed by atoms with Crippen LogP contribution in [-0.4, -0.2) is 36.9 Å². The standard InChI is InChI=1S/C13H14N2O4/c1-15-12(17)10(11(16)14-13(15)18)7-8-3-5-9(19-2)6-4-8/h3-6,10H,7H2,1-2H3,(H,14,16,18). The van der Waals surface area contributed by atoms with Gasteiger partial charge in [0.15, 0.2) is 0 Å². The van der Waals surface area contributed by atoms with Crippen LogP contribution < -0.4 is 10.1 Å². The summed E-state index contributed by atoms with van der Waals surface area (Å²) in [4.78, 5) is 35.8. The van der Waals surface area contributed by atoms with Crippen LogP contribution in [0.1, 0.15) is 5.56 Å². The van der Waals surface area contributed by atoms with Gasteiger partial charge >= 0.3 is 6.03 Å². The van der Waals surface area contributed by atoms with Crippen LogP contribution in [0, 0.1) is 5.92 Å². The van der Waals surface area contributed by atoms with Gasteiger partial charge in [-0.05, 0) is 24.1 Å². The number of nitrogens with one attached hydrogen (secondary N) is 1. The first-order valence-corrected chi connectivity index (χ1v) is 5.78. The third-order valence-electron chi connectivity index (χ3n) is 3.08. The number of hydrogen-bond donors (Lipinski definition) is 1. The van der Waals surface area contributed by atoms with E-state index in [-0.39, 0.29) is 6.42 Å². The molecule has 1 saturated heterocycles. The summed E-state index contributed by atoms with van der Waals surface area (Å²) < 4.78 is 5.03. The topological polar surface area (TPSA) is 75.7 Å². The lowest BCUT2D eigenvalue weighted by molar-refractivity contribution is -0.141. The van der Waals surface area contributed by atoms with Gasteiger partial charge in [0.25, 0.3) is 0 Å². The molecule has 2 rings (SSSR count). The number of rotatable bonds is 3. The highest BCUT2D eigenvalue weighted by Gasteiger charge is 2.38. The molecular formula is C13H14N2O4. The molecule has 100 valence electrons. The highest BCUT2D eigenvalue weighted by molar-refractivity contribution is 6.16. The minimum atomic E-state index is -0.865. The molecule has 1 aromatic rings. The Balaban J connectivity index is 2.14. The Morgan fingerprint density at radius 3 is 2.42 bits per heavy atom. The molecule has 6 heteroatoms. The third-order valence-corrected chi connectivity index (χ3v) is 3.08. The maximum Gasteiger partial charge on any atom is 0.330 e. The highest BCUT2D eigenvalue weighted by Crippen LogP contribution is 2.18. The molecule has 1 aliphatic heterocycles. The van der Waals surface area contributed by atoms with Gasteiger partial charge in [0, 0.05) is 7.05 Å². The Morgan fingerprint density at radius 2 is 1.84 bits per heavy atom. The van der Waals surface area contributed by atoms with Crippen LogP contribution in [-0.2, 0) is 16.0 Å². The van der Waals surface area contributed by atoms with E-state index >= 15 is 0 Å². The van der Waals surface area contributed by atoms with E-state index in [1.54, 1.807) is 31.4 Å². The van der Waals surface area contributed by atoms with Crippen molar-refractivity contribution in [2.45, 2.75) is 6.42 Å². The number of carbonyl (C=O) groups is 3. The molecule has 0 saturated carbocycles. The monoisotopic (exact) mass is 262 g/mol. The van der Waals surface area contributed by atoms with E-state index in [1.165, 1.54) is 7.05 Å². The number of ether oxygens (including phenoxy) is 1. The zero-order valence-electron chi connectivity index (χ0n) is 10.7. The fourth-order valence-electron chi connectivity index (χ4n) is 1.90. The van der Waals surface area contributed by atoms with Gasteiger partial charge < -0.3 is 4.74 Å². The molecule has 0 aromatic heterocycles. The lowest BCUT2D eigenvalue weighted by atomic mass is 9.96. The van der Waals surface area contributed by atoms with Crippen molar-refractivity contribution < 1.29 is 19.1 Å². The third kappa shape index (κ3) is 2.57. The van der Waals surface area contributed by atoms with E-state index in [0.717, 1.165) is 10.5 Å². The molecular weight excluding hydrogens is 248 g/mol. The van der Waals surface area contributed by atoms with Crippen LogP contribution in [0.3, 0.4) is 0 Å². The normalized spacial score (nSPS) is 19.4. The number of barbiturate groups is 1. The number of nitrogens with zero attached hydrogens (tertiary/aromatic N) is 1. The SMILES string of the molecule is COc1ccc(CC2C(=O)NC(=O)N(C)C2=O)cc1. The Morgan fingerprint density at radius 1 is 1.21 bits per heavy atom. The average Bonchev–Trinajstić information content (AvgIpc) is 2.42. The molecule has 0 spiro atoms. The zero-order valence-corrected chi connectivity index (χ0v) is 10.7. The van der Waals surface area contributed by atoms with E-state index in [2.05, 4.69) is 5.32 Å². The molecule has 1 aromatic carbocycles. The Labute approximate surface area is 110 Å². The molecule has 1 heterocycles. The van der Waals surface area contributed by atoms with Crippen LogP contribution in [0.25, 0.3) is 0 Å². The fourth-order valence-corrected chi connectivity index (χ4v) is 1.90. The van der Waals surface area contributed by atoms with Crippen molar-refractivity contribution in [2.75, 3.05) is 14.2 Å². The van der Waals surface area contributed by atoms with E-state index in [4.69, 9.17) is 4.74 Å². The van der Waals surface area contributed by atoms with E-state index in [9.17, 15) is 14.4 Å². The van der Waals surface area contributed by atoms with Gasteiger partial charge in [-0.2, -0.15) is 0 Å². The van der Waals surface area contributed by atoms with Gasteiger partial charge in [-0.25, -0.2) is 4.79 Å². The molecule has 0 radical (unpaired) electrons. The molecule has 1 aliphatic rings. The lowest BCUT2D eigenvalue weighted by Crippen LogP contribution is -2.56. The van der Waals surface area contributed by atoms with Crippen molar-refractivity contribution in [3.05, 3.63) is 29.8 Å². The predicted octanol–water partition coefficient (Wildman–Crippen LogP) is 0.562. The Kier molecular flexibility index (Phi) is 3.50. The maximum atomic E-state index is 11.9. The molecule has 1 fully saturated rings. The van der Waals surface area contributed by atoms with Crippen molar-refractivity contribution in [3.8, 4) is 5.75 Å². The van der Waals surface area contributed by atoms with Crippen molar-refractivity contribution >= 4 is 17.8 Å². The highest BCUT2D eigenvalue weighted by atomic mass is 16.5. The second-order valence-electron chi connectivity index (χ2n) is 4.30. The first-order chi connectivity index (χ1) is 9.02. The summed E-state index contributed by atoms with van der Waals surface area (Å²) in [5.41, 5.74) is 0.831. The summed E-state index contributed by atoms with van der Waals surface area (Å²) in [5.74, 6) is -1.19. The lowest BCUT2D eigenvalue weighted by Gasteiger charge is -2.27. The van der Waals surface area contributed by atoms with Gasteiger partial charge in [-0.1, -0.05) is 12.1 Å². The van der Waals surface area contributed by atoms with Crippen LogP contribution in [0.15, 0.2) is 24.3 Å². The quantitative estimate of drug-likeness (QED) is 0.808. The van der Waals surface area contributed by atoms with Gasteiger partial charge in [0.1, 0.15) is 11.7 Å². The fraction of sp³-hybridized carbons (Fsp3) is 0.308. The van der Waals surface area contributed by atoms with Crippen molar-refractivity contribution in [3.63, 3.8) is 0 Å². The Bertz CT molecular complexity index is 524. The van der Waals surface area contributed by atoms with Crippen LogP contribution in [0.4, 0.5) is 4.79 Å². The molecule has 4 amide bonds. The van der Waals surface area contributed by atoms with Crippen LogP contribution in [0.5, 0.6) is 5.75 Å². The first kappa shape index (κ1) is 13.1. The zero-order chi connectivity index (χ0) is 14.0. The summed E-state index contributed by atoms with van der Waals surface area (Å²) in [7, 11) is 2.92. The molecule has 6 nitrogen and oxygen atoms in total. The average molecular weight is 262 g/mol. The molecule has 0 bridgehead atoms. The molecule has 19 heavy (non-hydrogen) atoms. The number of urea groups is 1. The number of hydrogen-bond acceptors (Lipinski definition) is 4. The number of benzene rings is 1. The summed E-state index contributed by atoms with van der Waals surface area (Å²) in [5, 5.41) is 2.15. The minimum Gasteiger partial charge on any atom is -0.497 e. The summed E-state index contributed by atoms with van der Waals surface area (Å²) >= 11 is 0. The molecule has 1 atom stereocenters. The molecule has 1 N–H and O–H groups in total. The first-order valence-electron chi connectivity index (χ1n) is 5.78. The smallest absolute Gasteiger partial charge is 0.330 e. The number of methoxy groups -OCH3 is 1. The maximum absolute atomic E-state index is 11.9. The van der Waals surface area contributed by atoms with E-state index < -0.39 is 23.8 Å². The van der Waals surface area contributed by atoms with Crippen LogP contribution in [0.2, 0.25) is 0 Å². The van der Waals surface area contributed by atoms with Gasteiger partial charge in [0.2, 0.25) is 11.8 Å².